The molecule has 0 aliphatic carbocycles. The van der Waals surface area contributed by atoms with Crippen LogP contribution in [0.3, 0.4) is 0 Å². The van der Waals surface area contributed by atoms with Crippen molar-refractivity contribution in [1.29, 1.82) is 0 Å². The molecule has 5 heteroatoms. The molecule has 0 atom stereocenters. The second kappa shape index (κ2) is 9.06. The summed E-state index contributed by atoms with van der Waals surface area (Å²) in [5.41, 5.74) is 5.38. The fraction of sp³-hybridized carbons (Fsp3) is 1.00. The number of ether oxygens (including phenoxy) is 2. The molecule has 0 spiro atoms. The Morgan fingerprint density at radius 3 is 2.00 bits per heavy atom. The van der Waals surface area contributed by atoms with E-state index in [0.29, 0.717) is 0 Å². The van der Waals surface area contributed by atoms with Crippen LogP contribution in [0.1, 0.15) is 0 Å². The van der Waals surface area contributed by atoms with E-state index < -0.39 is 0 Å². The van der Waals surface area contributed by atoms with Crippen LogP contribution in [-0.4, -0.2) is 70.6 Å². The number of nitrogens with two attached hydrogens (primary N) is 1. The van der Waals surface area contributed by atoms with Gasteiger partial charge in [-0.05, 0) is 0 Å². The molecule has 2 fully saturated rings. The second-order valence-corrected chi connectivity index (χ2v) is 3.61. The molecule has 0 aromatic carbocycles. The van der Waals surface area contributed by atoms with Gasteiger partial charge in [-0.25, -0.2) is 0 Å². The predicted molar refractivity (Wildman–Crippen MR) is 60.0 cm³/mol. The standard InChI is InChI=1S/C6H14N2O.C4H9NO/c7-1-2-8-3-5-9-6-4-8;1-3-6-4-2-5-1/h1-7H2;5H,1-4H2. The van der Waals surface area contributed by atoms with Crippen LogP contribution in [0.2, 0.25) is 0 Å². The largest absolute Gasteiger partial charge is 0.379 e. The molecule has 2 saturated heterocycles. The number of hydrogen-bond donors (Lipinski definition) is 2. The average Bonchev–Trinajstić information content (AvgIpc) is 2.34. The zero-order valence-electron chi connectivity index (χ0n) is 9.41. The summed E-state index contributed by atoms with van der Waals surface area (Å²) >= 11 is 0. The van der Waals surface area contributed by atoms with Crippen LogP contribution in [0.15, 0.2) is 0 Å². The minimum atomic E-state index is 0.764. The smallest absolute Gasteiger partial charge is 0.0594 e. The topological polar surface area (TPSA) is 59.8 Å². The van der Waals surface area contributed by atoms with Gasteiger partial charge in [0.15, 0.2) is 0 Å². The number of nitrogens with zero attached hydrogens (tertiary/aromatic N) is 1. The van der Waals surface area contributed by atoms with Crippen LogP contribution in [0.5, 0.6) is 0 Å². The van der Waals surface area contributed by atoms with Gasteiger partial charge in [0.2, 0.25) is 0 Å². The monoisotopic (exact) mass is 217 g/mol. The van der Waals surface area contributed by atoms with Crippen molar-refractivity contribution in [3.8, 4) is 0 Å². The Bertz CT molecular complexity index is 122. The zero-order chi connectivity index (χ0) is 10.8. The molecule has 0 bridgehead atoms. The molecular formula is C10H23N3O2. The first-order valence-corrected chi connectivity index (χ1v) is 5.72. The summed E-state index contributed by atoms with van der Waals surface area (Å²) in [6.45, 7) is 9.47. The SMILES string of the molecule is C1COCCN1.NCCN1CCOCC1. The lowest BCUT2D eigenvalue weighted by molar-refractivity contribution is 0.0394. The van der Waals surface area contributed by atoms with Crippen molar-refractivity contribution in [1.82, 2.24) is 10.2 Å². The summed E-state index contributed by atoms with van der Waals surface area (Å²) in [4.78, 5) is 2.32. The summed E-state index contributed by atoms with van der Waals surface area (Å²) in [7, 11) is 0. The molecule has 2 heterocycles. The van der Waals surface area contributed by atoms with E-state index in [1.165, 1.54) is 0 Å². The van der Waals surface area contributed by atoms with Gasteiger partial charge in [-0.15, -0.1) is 0 Å². The zero-order valence-corrected chi connectivity index (χ0v) is 9.41. The highest BCUT2D eigenvalue weighted by atomic mass is 16.5. The molecule has 0 aromatic heterocycles. The molecule has 15 heavy (non-hydrogen) atoms. The van der Waals surface area contributed by atoms with Gasteiger partial charge in [-0.2, -0.15) is 0 Å². The normalized spacial score (nSPS) is 23.0. The van der Waals surface area contributed by atoms with Crippen LogP contribution >= 0.6 is 0 Å². The Labute approximate surface area is 91.9 Å². The molecule has 0 unspecified atom stereocenters. The Balaban J connectivity index is 0.000000162. The lowest BCUT2D eigenvalue weighted by Gasteiger charge is -2.25. The fourth-order valence-corrected chi connectivity index (χ4v) is 1.52. The van der Waals surface area contributed by atoms with Crippen LogP contribution in [0.4, 0.5) is 0 Å². The molecule has 0 amide bonds. The first-order chi connectivity index (χ1) is 7.43. The van der Waals surface area contributed by atoms with E-state index in [2.05, 4.69) is 10.2 Å². The maximum absolute atomic E-state index is 5.38. The Morgan fingerprint density at radius 2 is 1.60 bits per heavy atom. The molecule has 0 saturated carbocycles. The van der Waals surface area contributed by atoms with Gasteiger partial charge in [0, 0.05) is 39.3 Å². The molecule has 0 radical (unpaired) electrons. The van der Waals surface area contributed by atoms with Gasteiger partial charge in [-0.3, -0.25) is 4.90 Å². The highest BCUT2D eigenvalue weighted by molar-refractivity contribution is 4.60. The van der Waals surface area contributed by atoms with E-state index in [1.54, 1.807) is 0 Å². The van der Waals surface area contributed by atoms with Crippen molar-refractivity contribution >= 4 is 0 Å². The third-order valence-electron chi connectivity index (χ3n) is 2.40. The van der Waals surface area contributed by atoms with Gasteiger partial charge >= 0.3 is 0 Å². The summed E-state index contributed by atoms with van der Waals surface area (Å²) in [5, 5.41) is 3.16. The van der Waals surface area contributed by atoms with Gasteiger partial charge in [-0.1, -0.05) is 0 Å². The summed E-state index contributed by atoms with van der Waals surface area (Å²) in [6.07, 6.45) is 0. The second-order valence-electron chi connectivity index (χ2n) is 3.61. The van der Waals surface area contributed by atoms with E-state index in [9.17, 15) is 0 Å². The molecule has 3 N–H and O–H groups in total. The van der Waals surface area contributed by atoms with Crippen molar-refractivity contribution in [3.05, 3.63) is 0 Å². The average molecular weight is 217 g/mol. The van der Waals surface area contributed by atoms with Crippen molar-refractivity contribution in [2.45, 2.75) is 0 Å². The van der Waals surface area contributed by atoms with Crippen molar-refractivity contribution in [3.63, 3.8) is 0 Å². The number of morpholine rings is 2. The first-order valence-electron chi connectivity index (χ1n) is 5.72. The fourth-order valence-electron chi connectivity index (χ4n) is 1.52. The van der Waals surface area contributed by atoms with E-state index in [0.717, 1.165) is 65.7 Å². The highest BCUT2D eigenvalue weighted by Crippen LogP contribution is 1.93. The molecule has 2 aliphatic rings. The van der Waals surface area contributed by atoms with Gasteiger partial charge in [0.05, 0.1) is 26.4 Å². The lowest BCUT2D eigenvalue weighted by Crippen LogP contribution is -2.39. The summed E-state index contributed by atoms with van der Waals surface area (Å²) in [6, 6.07) is 0. The summed E-state index contributed by atoms with van der Waals surface area (Å²) < 4.78 is 10.2. The lowest BCUT2D eigenvalue weighted by atomic mass is 10.4. The molecule has 90 valence electrons. The minimum absolute atomic E-state index is 0.764. The summed E-state index contributed by atoms with van der Waals surface area (Å²) in [5.74, 6) is 0. The predicted octanol–water partition coefficient (Wildman–Crippen LogP) is -1.12. The number of nitrogens with one attached hydrogen (secondary N) is 1. The van der Waals surface area contributed by atoms with E-state index in [1.807, 2.05) is 0 Å². The third kappa shape index (κ3) is 6.81. The van der Waals surface area contributed by atoms with E-state index >= 15 is 0 Å². The molecule has 2 rings (SSSR count). The highest BCUT2D eigenvalue weighted by Gasteiger charge is 2.07. The van der Waals surface area contributed by atoms with Crippen LogP contribution in [0.25, 0.3) is 0 Å². The number of hydrogen-bond acceptors (Lipinski definition) is 5. The van der Waals surface area contributed by atoms with Crippen molar-refractivity contribution in [2.24, 2.45) is 5.73 Å². The van der Waals surface area contributed by atoms with Crippen LogP contribution in [-0.2, 0) is 9.47 Å². The molecule has 5 nitrogen and oxygen atoms in total. The van der Waals surface area contributed by atoms with E-state index in [4.69, 9.17) is 15.2 Å². The Morgan fingerprint density at radius 1 is 1.00 bits per heavy atom. The Hall–Kier alpha value is -0.200. The van der Waals surface area contributed by atoms with Crippen LogP contribution < -0.4 is 11.1 Å². The van der Waals surface area contributed by atoms with Crippen molar-refractivity contribution < 1.29 is 9.47 Å². The molecule has 2 aliphatic heterocycles. The van der Waals surface area contributed by atoms with Gasteiger partial charge in [0.25, 0.3) is 0 Å². The van der Waals surface area contributed by atoms with Crippen LogP contribution in [0, 0.1) is 0 Å². The van der Waals surface area contributed by atoms with Gasteiger partial charge < -0.3 is 20.5 Å². The quantitative estimate of drug-likeness (QED) is 0.614. The first kappa shape index (κ1) is 12.9. The van der Waals surface area contributed by atoms with Crippen molar-refractivity contribution in [2.75, 3.05) is 65.7 Å². The minimum Gasteiger partial charge on any atom is -0.379 e. The third-order valence-corrected chi connectivity index (χ3v) is 2.40. The van der Waals surface area contributed by atoms with Gasteiger partial charge in [0.1, 0.15) is 0 Å². The molecular weight excluding hydrogens is 194 g/mol. The molecule has 0 aromatic rings. The maximum atomic E-state index is 5.38. The Kier molecular flexibility index (Phi) is 7.77. The van der Waals surface area contributed by atoms with E-state index in [-0.39, 0.29) is 0 Å². The maximum Gasteiger partial charge on any atom is 0.0594 e. The number of rotatable bonds is 2.